The van der Waals surface area contributed by atoms with Gasteiger partial charge in [-0.15, -0.1) is 11.3 Å². The fraction of sp³-hybridized carbons (Fsp3) is 0.292. The number of nitrogens with zero attached hydrogens (tertiary/aromatic N) is 3. The summed E-state index contributed by atoms with van der Waals surface area (Å²) in [7, 11) is 0. The molecule has 4 rings (SSSR count). The first-order valence-electron chi connectivity index (χ1n) is 10.4. The summed E-state index contributed by atoms with van der Waals surface area (Å²) in [5.41, 5.74) is 4.58. The molecular formula is C24H26N4O2S. The van der Waals surface area contributed by atoms with Gasteiger partial charge in [-0.1, -0.05) is 12.1 Å². The third kappa shape index (κ3) is 5.70. The largest absolute Gasteiger partial charge is 0.487 e. The number of ether oxygens (including phenoxy) is 1. The van der Waals surface area contributed by atoms with Crippen LogP contribution >= 0.6 is 11.3 Å². The van der Waals surface area contributed by atoms with Gasteiger partial charge in [-0.2, -0.15) is 0 Å². The van der Waals surface area contributed by atoms with E-state index in [0.29, 0.717) is 24.5 Å². The second-order valence-electron chi connectivity index (χ2n) is 7.62. The molecule has 0 aliphatic heterocycles. The van der Waals surface area contributed by atoms with E-state index in [1.807, 2.05) is 54.9 Å². The fourth-order valence-electron chi connectivity index (χ4n) is 3.33. The monoisotopic (exact) mass is 434 g/mol. The zero-order valence-corrected chi connectivity index (χ0v) is 18.6. The van der Waals surface area contributed by atoms with Crippen LogP contribution in [0.2, 0.25) is 0 Å². The Labute approximate surface area is 185 Å². The summed E-state index contributed by atoms with van der Waals surface area (Å²) in [6.07, 6.45) is 6.89. The van der Waals surface area contributed by atoms with E-state index in [1.165, 1.54) is 5.56 Å². The highest BCUT2D eigenvalue weighted by molar-refractivity contribution is 7.09. The molecule has 0 radical (unpaired) electrons. The first-order chi connectivity index (χ1) is 15.1. The van der Waals surface area contributed by atoms with Crippen molar-refractivity contribution in [1.29, 1.82) is 0 Å². The van der Waals surface area contributed by atoms with Crippen molar-refractivity contribution in [1.82, 2.24) is 19.7 Å². The second kappa shape index (κ2) is 9.75. The maximum Gasteiger partial charge on any atom is 0.251 e. The zero-order valence-electron chi connectivity index (χ0n) is 17.8. The lowest BCUT2D eigenvalue weighted by Crippen LogP contribution is -2.24. The number of pyridine rings is 1. The number of carbonyl (C=O) groups excluding carboxylic acids is 1. The van der Waals surface area contributed by atoms with Gasteiger partial charge in [0.05, 0.1) is 10.7 Å². The highest BCUT2D eigenvalue weighted by Gasteiger charge is 2.08. The van der Waals surface area contributed by atoms with E-state index in [1.54, 1.807) is 23.5 Å². The average Bonchev–Trinajstić information content (AvgIpc) is 3.37. The third-order valence-electron chi connectivity index (χ3n) is 4.90. The van der Waals surface area contributed by atoms with E-state index in [-0.39, 0.29) is 5.91 Å². The lowest BCUT2D eigenvalue weighted by Gasteiger charge is -2.08. The molecule has 0 bridgehead atoms. The Hall–Kier alpha value is -3.19. The molecule has 0 unspecified atom stereocenters. The van der Waals surface area contributed by atoms with E-state index in [2.05, 4.69) is 20.7 Å². The van der Waals surface area contributed by atoms with Gasteiger partial charge < -0.3 is 14.5 Å². The molecule has 0 atom stereocenters. The smallest absolute Gasteiger partial charge is 0.251 e. The number of thiazole rings is 1. The minimum absolute atomic E-state index is 0.0845. The van der Waals surface area contributed by atoms with Crippen LogP contribution in [0.5, 0.6) is 5.75 Å². The number of benzene rings is 1. The summed E-state index contributed by atoms with van der Waals surface area (Å²) >= 11 is 1.70. The molecule has 0 saturated heterocycles. The minimum atomic E-state index is -0.0845. The van der Waals surface area contributed by atoms with Gasteiger partial charge in [0.15, 0.2) is 0 Å². The van der Waals surface area contributed by atoms with Crippen molar-refractivity contribution < 1.29 is 9.53 Å². The molecule has 3 aromatic heterocycles. The molecule has 4 aromatic rings. The zero-order chi connectivity index (χ0) is 21.6. The van der Waals surface area contributed by atoms with E-state index < -0.39 is 0 Å². The summed E-state index contributed by atoms with van der Waals surface area (Å²) < 4.78 is 7.87. The van der Waals surface area contributed by atoms with Gasteiger partial charge in [-0.3, -0.25) is 4.79 Å². The van der Waals surface area contributed by atoms with Crippen molar-refractivity contribution in [3.8, 4) is 5.75 Å². The van der Waals surface area contributed by atoms with Gasteiger partial charge >= 0.3 is 0 Å². The predicted molar refractivity (Wildman–Crippen MR) is 123 cm³/mol. The van der Waals surface area contributed by atoms with Gasteiger partial charge in [-0.25, -0.2) is 9.97 Å². The third-order valence-corrected chi connectivity index (χ3v) is 5.93. The molecule has 0 spiro atoms. The van der Waals surface area contributed by atoms with Gasteiger partial charge in [0.1, 0.15) is 18.0 Å². The van der Waals surface area contributed by atoms with E-state index in [9.17, 15) is 4.79 Å². The Balaban J connectivity index is 1.25. The van der Waals surface area contributed by atoms with Crippen molar-refractivity contribution >= 4 is 22.9 Å². The Morgan fingerprint density at radius 2 is 2.03 bits per heavy atom. The molecule has 3 heterocycles. The number of fused-ring (bicyclic) bond motifs is 1. The molecule has 6 nitrogen and oxygen atoms in total. The Kier molecular flexibility index (Phi) is 6.62. The number of unbranched alkanes of at least 4 members (excludes halogenated alkanes) is 1. The maximum absolute atomic E-state index is 12.5. The van der Waals surface area contributed by atoms with E-state index in [4.69, 9.17) is 4.74 Å². The van der Waals surface area contributed by atoms with Gasteiger partial charge in [0.25, 0.3) is 5.91 Å². The van der Waals surface area contributed by atoms with Crippen LogP contribution in [0.1, 0.15) is 45.2 Å². The Bertz CT molecular complexity index is 1180. The summed E-state index contributed by atoms with van der Waals surface area (Å²) in [6, 6.07) is 11.3. The Morgan fingerprint density at radius 3 is 2.87 bits per heavy atom. The van der Waals surface area contributed by atoms with Gasteiger partial charge in [-0.05, 0) is 62.9 Å². The summed E-state index contributed by atoms with van der Waals surface area (Å²) in [4.78, 5) is 21.5. The highest BCUT2D eigenvalue weighted by atomic mass is 32.1. The molecule has 31 heavy (non-hydrogen) atoms. The molecule has 1 aromatic carbocycles. The van der Waals surface area contributed by atoms with Crippen LogP contribution in [0.4, 0.5) is 0 Å². The van der Waals surface area contributed by atoms with E-state index in [0.717, 1.165) is 41.3 Å². The second-order valence-corrected chi connectivity index (χ2v) is 8.56. The molecular weight excluding hydrogens is 408 g/mol. The van der Waals surface area contributed by atoms with Crippen LogP contribution in [0.3, 0.4) is 0 Å². The SMILES string of the molecule is Cc1ccc2nc(COc3cccc(C(=O)NCCCCc4nc(C)cs4)c3)cn2c1. The first-order valence-corrected chi connectivity index (χ1v) is 11.3. The van der Waals surface area contributed by atoms with Crippen molar-refractivity contribution in [3.63, 3.8) is 0 Å². The lowest BCUT2D eigenvalue weighted by atomic mass is 10.2. The molecule has 160 valence electrons. The number of rotatable bonds is 9. The molecule has 0 fully saturated rings. The fourth-order valence-corrected chi connectivity index (χ4v) is 4.15. The topological polar surface area (TPSA) is 68.5 Å². The predicted octanol–water partition coefficient (Wildman–Crippen LogP) is 4.74. The summed E-state index contributed by atoms with van der Waals surface area (Å²) in [5.74, 6) is 0.568. The number of nitrogens with one attached hydrogen (secondary N) is 1. The lowest BCUT2D eigenvalue weighted by molar-refractivity contribution is 0.0952. The standard InChI is InChI=1S/C24H26N4O2S/c1-17-9-10-22-27-20(14-28(22)13-17)15-30-21-7-5-6-19(12-21)24(29)25-11-4-3-8-23-26-18(2)16-31-23/h5-7,9-10,12-14,16H,3-4,8,11,15H2,1-2H3,(H,25,29). The van der Waals surface area contributed by atoms with E-state index >= 15 is 0 Å². The normalized spacial score (nSPS) is 11.0. The van der Waals surface area contributed by atoms with Gasteiger partial charge in [0, 0.05) is 35.6 Å². The summed E-state index contributed by atoms with van der Waals surface area (Å²) in [6.45, 7) is 5.06. The quantitative estimate of drug-likeness (QED) is 0.386. The number of carbonyl (C=O) groups is 1. The number of hydrogen-bond acceptors (Lipinski definition) is 5. The maximum atomic E-state index is 12.5. The van der Waals surface area contributed by atoms with Crippen LogP contribution in [0, 0.1) is 13.8 Å². The Morgan fingerprint density at radius 1 is 1.13 bits per heavy atom. The first kappa shape index (κ1) is 21.1. The molecule has 1 amide bonds. The molecule has 7 heteroatoms. The van der Waals surface area contributed by atoms with Gasteiger partial charge in [0.2, 0.25) is 0 Å². The molecule has 0 aliphatic carbocycles. The highest BCUT2D eigenvalue weighted by Crippen LogP contribution is 2.16. The molecule has 0 aliphatic rings. The van der Waals surface area contributed by atoms with Crippen LogP contribution < -0.4 is 10.1 Å². The molecule has 1 N–H and O–H groups in total. The van der Waals surface area contributed by atoms with Crippen LogP contribution in [-0.2, 0) is 13.0 Å². The number of amides is 1. The number of aryl methyl sites for hydroxylation is 3. The van der Waals surface area contributed by atoms with Crippen molar-refractivity contribution in [2.24, 2.45) is 0 Å². The number of imidazole rings is 1. The minimum Gasteiger partial charge on any atom is -0.487 e. The van der Waals surface area contributed by atoms with Crippen LogP contribution in [0.15, 0.2) is 54.2 Å². The van der Waals surface area contributed by atoms with Crippen molar-refractivity contribution in [3.05, 3.63) is 81.7 Å². The summed E-state index contributed by atoms with van der Waals surface area (Å²) in [5, 5.41) is 6.22. The average molecular weight is 435 g/mol. The van der Waals surface area contributed by atoms with Crippen LogP contribution in [0.25, 0.3) is 5.65 Å². The van der Waals surface area contributed by atoms with Crippen molar-refractivity contribution in [2.75, 3.05) is 6.54 Å². The molecule has 0 saturated carbocycles. The van der Waals surface area contributed by atoms with Crippen molar-refractivity contribution in [2.45, 2.75) is 39.7 Å². The number of aromatic nitrogens is 3. The number of hydrogen-bond donors (Lipinski definition) is 1. The van der Waals surface area contributed by atoms with Crippen LogP contribution in [-0.4, -0.2) is 26.8 Å².